The minimum Gasteiger partial charge on any atom is -0.324 e. The number of nitrogens with zero attached hydrogens (tertiary/aromatic N) is 1. The number of thioether (sulfide) groups is 1. The molecule has 1 fully saturated rings. The van der Waals surface area contributed by atoms with E-state index in [9.17, 15) is 0 Å². The monoisotopic (exact) mass is 212 g/mol. The zero-order valence-corrected chi connectivity index (χ0v) is 9.67. The highest BCUT2D eigenvalue weighted by molar-refractivity contribution is 7.99. The van der Waals surface area contributed by atoms with Crippen LogP contribution in [0.4, 0.5) is 0 Å². The van der Waals surface area contributed by atoms with Crippen LogP contribution in [0.3, 0.4) is 0 Å². The van der Waals surface area contributed by atoms with Gasteiger partial charge < -0.3 is 5.73 Å². The minimum absolute atomic E-state index is 0.314. The predicted octanol–water partition coefficient (Wildman–Crippen LogP) is 1.33. The summed E-state index contributed by atoms with van der Waals surface area (Å²) in [6.45, 7) is 4.81. The van der Waals surface area contributed by atoms with Crippen LogP contribution in [-0.2, 0) is 0 Å². The Bertz CT molecular complexity index is 217. The lowest BCUT2D eigenvalue weighted by Crippen LogP contribution is -2.42. The first-order valence-corrected chi connectivity index (χ1v) is 6.67. The first-order chi connectivity index (χ1) is 6.75. The van der Waals surface area contributed by atoms with E-state index in [0.29, 0.717) is 12.0 Å². The molecule has 14 heavy (non-hydrogen) atoms. The summed E-state index contributed by atoms with van der Waals surface area (Å²) in [4.78, 5) is 2.61. The van der Waals surface area contributed by atoms with Crippen molar-refractivity contribution in [1.29, 1.82) is 0 Å². The van der Waals surface area contributed by atoms with Crippen LogP contribution >= 0.6 is 11.8 Å². The van der Waals surface area contributed by atoms with E-state index in [1.807, 2.05) is 0 Å². The molecule has 2 aliphatic rings. The van der Waals surface area contributed by atoms with E-state index in [1.165, 1.54) is 24.6 Å². The smallest absolute Gasteiger partial charge is 0.0229 e. The van der Waals surface area contributed by atoms with Crippen molar-refractivity contribution >= 4 is 11.8 Å². The summed E-state index contributed by atoms with van der Waals surface area (Å²) >= 11 is 2.08. The first-order valence-electron chi connectivity index (χ1n) is 5.51. The second-order valence-electron chi connectivity index (χ2n) is 4.46. The third-order valence-electron chi connectivity index (χ3n) is 3.18. The standard InChI is InChI=1S/C11H20N2S/c1-9-8-14-5-4-13(9)7-10-2-3-11(12)6-10/h2-3,9-11H,4-8,12H2,1H3. The molecule has 1 aliphatic carbocycles. The van der Waals surface area contributed by atoms with Crippen LogP contribution in [0.1, 0.15) is 13.3 Å². The largest absolute Gasteiger partial charge is 0.324 e. The number of rotatable bonds is 2. The molecule has 0 spiro atoms. The molecule has 0 radical (unpaired) electrons. The Morgan fingerprint density at radius 3 is 3.00 bits per heavy atom. The average Bonchev–Trinajstić information content (AvgIpc) is 2.56. The molecule has 2 nitrogen and oxygen atoms in total. The molecule has 0 bridgehead atoms. The molecule has 3 heteroatoms. The maximum atomic E-state index is 5.86. The second kappa shape index (κ2) is 4.69. The second-order valence-corrected chi connectivity index (χ2v) is 5.61. The quantitative estimate of drug-likeness (QED) is 0.700. The maximum absolute atomic E-state index is 5.86. The Morgan fingerprint density at radius 1 is 1.50 bits per heavy atom. The highest BCUT2D eigenvalue weighted by Gasteiger charge is 2.23. The summed E-state index contributed by atoms with van der Waals surface area (Å²) in [6.07, 6.45) is 5.61. The molecule has 0 amide bonds. The molecule has 0 aromatic rings. The summed E-state index contributed by atoms with van der Waals surface area (Å²) in [5, 5.41) is 0. The summed E-state index contributed by atoms with van der Waals surface area (Å²) in [6, 6.07) is 1.06. The van der Waals surface area contributed by atoms with Crippen LogP contribution in [0.2, 0.25) is 0 Å². The number of nitrogens with two attached hydrogens (primary N) is 1. The third-order valence-corrected chi connectivity index (χ3v) is 4.37. The highest BCUT2D eigenvalue weighted by Crippen LogP contribution is 2.22. The van der Waals surface area contributed by atoms with Crippen molar-refractivity contribution in [3.63, 3.8) is 0 Å². The van der Waals surface area contributed by atoms with Crippen LogP contribution in [0, 0.1) is 5.92 Å². The van der Waals surface area contributed by atoms with Crippen LogP contribution in [0.15, 0.2) is 12.2 Å². The first kappa shape index (κ1) is 10.5. The highest BCUT2D eigenvalue weighted by atomic mass is 32.2. The lowest BCUT2D eigenvalue weighted by molar-refractivity contribution is 0.208. The van der Waals surface area contributed by atoms with E-state index >= 15 is 0 Å². The van der Waals surface area contributed by atoms with Gasteiger partial charge in [-0.25, -0.2) is 0 Å². The molecule has 2 N–H and O–H groups in total. The fourth-order valence-corrected chi connectivity index (χ4v) is 3.36. The van der Waals surface area contributed by atoms with Crippen molar-refractivity contribution in [2.24, 2.45) is 11.7 Å². The van der Waals surface area contributed by atoms with Crippen LogP contribution in [-0.4, -0.2) is 41.6 Å². The lowest BCUT2D eigenvalue weighted by Gasteiger charge is -2.34. The molecule has 80 valence electrons. The van der Waals surface area contributed by atoms with E-state index in [1.54, 1.807) is 0 Å². The molecule has 2 rings (SSSR count). The molecule has 0 saturated carbocycles. The lowest BCUT2D eigenvalue weighted by atomic mass is 10.1. The normalized spacial score (nSPS) is 39.1. The summed E-state index contributed by atoms with van der Waals surface area (Å²) in [7, 11) is 0. The van der Waals surface area contributed by atoms with Gasteiger partial charge in [-0.3, -0.25) is 4.90 Å². The molecular weight excluding hydrogens is 192 g/mol. The van der Waals surface area contributed by atoms with Crippen molar-refractivity contribution in [2.45, 2.75) is 25.4 Å². The average molecular weight is 212 g/mol. The predicted molar refractivity (Wildman–Crippen MR) is 63.6 cm³/mol. The van der Waals surface area contributed by atoms with Gasteiger partial charge in [0.2, 0.25) is 0 Å². The Labute approximate surface area is 90.9 Å². The van der Waals surface area contributed by atoms with Crippen molar-refractivity contribution in [1.82, 2.24) is 4.90 Å². The van der Waals surface area contributed by atoms with E-state index in [2.05, 4.69) is 35.7 Å². The van der Waals surface area contributed by atoms with Gasteiger partial charge in [0.25, 0.3) is 0 Å². The van der Waals surface area contributed by atoms with Gasteiger partial charge in [0.15, 0.2) is 0 Å². The molecule has 3 unspecified atom stereocenters. The van der Waals surface area contributed by atoms with Gasteiger partial charge >= 0.3 is 0 Å². The zero-order chi connectivity index (χ0) is 9.97. The van der Waals surface area contributed by atoms with Gasteiger partial charge in [0.1, 0.15) is 0 Å². The van der Waals surface area contributed by atoms with Gasteiger partial charge in [-0.15, -0.1) is 0 Å². The Morgan fingerprint density at radius 2 is 2.36 bits per heavy atom. The van der Waals surface area contributed by atoms with Gasteiger partial charge in [0, 0.05) is 36.7 Å². The Balaban J connectivity index is 1.81. The van der Waals surface area contributed by atoms with Crippen molar-refractivity contribution in [3.05, 3.63) is 12.2 Å². The van der Waals surface area contributed by atoms with E-state index < -0.39 is 0 Å². The fraction of sp³-hybridized carbons (Fsp3) is 0.818. The minimum atomic E-state index is 0.314. The molecule has 0 aromatic heterocycles. The van der Waals surface area contributed by atoms with Gasteiger partial charge in [0.05, 0.1) is 0 Å². The molecule has 0 aromatic carbocycles. The fourth-order valence-electron chi connectivity index (χ4n) is 2.28. The van der Waals surface area contributed by atoms with Crippen molar-refractivity contribution < 1.29 is 0 Å². The molecular formula is C11H20N2S. The summed E-state index contributed by atoms with van der Waals surface area (Å²) in [5.74, 6) is 3.30. The topological polar surface area (TPSA) is 29.3 Å². The van der Waals surface area contributed by atoms with Gasteiger partial charge in [-0.1, -0.05) is 12.2 Å². The number of hydrogen-bond donors (Lipinski definition) is 1. The zero-order valence-electron chi connectivity index (χ0n) is 8.86. The van der Waals surface area contributed by atoms with Gasteiger partial charge in [-0.05, 0) is 19.3 Å². The molecule has 1 heterocycles. The number of hydrogen-bond acceptors (Lipinski definition) is 3. The van der Waals surface area contributed by atoms with Crippen LogP contribution < -0.4 is 5.73 Å². The molecule has 3 atom stereocenters. The SMILES string of the molecule is CC1CSCCN1CC1C=CC(N)C1. The summed E-state index contributed by atoms with van der Waals surface area (Å²) in [5.41, 5.74) is 5.86. The van der Waals surface area contributed by atoms with E-state index in [4.69, 9.17) is 5.73 Å². The third kappa shape index (κ3) is 2.53. The van der Waals surface area contributed by atoms with Crippen molar-refractivity contribution in [3.8, 4) is 0 Å². The Kier molecular flexibility index (Phi) is 3.52. The van der Waals surface area contributed by atoms with Crippen molar-refractivity contribution in [2.75, 3.05) is 24.6 Å². The molecule has 1 saturated heterocycles. The van der Waals surface area contributed by atoms with Crippen LogP contribution in [0.5, 0.6) is 0 Å². The van der Waals surface area contributed by atoms with Crippen LogP contribution in [0.25, 0.3) is 0 Å². The van der Waals surface area contributed by atoms with E-state index in [0.717, 1.165) is 12.5 Å². The maximum Gasteiger partial charge on any atom is 0.0229 e. The summed E-state index contributed by atoms with van der Waals surface area (Å²) < 4.78 is 0. The van der Waals surface area contributed by atoms with Gasteiger partial charge in [-0.2, -0.15) is 11.8 Å². The Hall–Kier alpha value is 0.01000. The molecule has 1 aliphatic heterocycles. The van der Waals surface area contributed by atoms with E-state index in [-0.39, 0.29) is 0 Å².